The van der Waals surface area contributed by atoms with E-state index < -0.39 is 30.0 Å². The number of para-hydroxylation sites is 1. The standard InChI is InChI=1S/C41H45F2N11O5/c1-50-36-25(7-5-8-31(36)54(41(50)58)32-13-14-34(55)48-40(32)57)6-3-2-4-16-44-19-24-9-11-26(12-10-24)53-22-30(35(49-53)37(42)43)46-39(56)29-20-45-52-17-15-33(47-38(29)52)51-21-28-18-27(51)23-59-28/h5,7-8,15,17,20,22,24,26-28,32,37,44H,2,4,9-14,16,18-19,21,23H2,1H3,(H,46,56)(H,48,55,57)/t24?,26?,27-,28-,32?/m1/s1. The van der Waals surface area contributed by atoms with E-state index in [1.54, 1.807) is 24.0 Å². The van der Waals surface area contributed by atoms with E-state index in [1.807, 2.05) is 18.2 Å². The van der Waals surface area contributed by atoms with E-state index in [0.29, 0.717) is 41.2 Å². The highest BCUT2D eigenvalue weighted by molar-refractivity contribution is 6.08. The lowest BCUT2D eigenvalue weighted by atomic mass is 9.86. The summed E-state index contributed by atoms with van der Waals surface area (Å²) in [4.78, 5) is 57.8. The van der Waals surface area contributed by atoms with E-state index in [-0.39, 0.29) is 53.9 Å². The number of hydrogen-bond acceptors (Lipinski definition) is 10. The maximum absolute atomic E-state index is 14.2. The molecule has 9 rings (SSSR count). The summed E-state index contributed by atoms with van der Waals surface area (Å²) in [6.07, 6.45) is 8.20. The predicted molar refractivity (Wildman–Crippen MR) is 212 cm³/mol. The number of fused-ring (bicyclic) bond motifs is 4. The third-order valence-corrected chi connectivity index (χ3v) is 12.1. The molecule has 59 heavy (non-hydrogen) atoms. The number of benzene rings is 1. The molecule has 3 atom stereocenters. The number of piperidine rings is 1. The predicted octanol–water partition coefficient (Wildman–Crippen LogP) is 3.88. The number of imidazole rings is 1. The normalized spacial score (nSPS) is 23.0. The van der Waals surface area contributed by atoms with Gasteiger partial charge < -0.3 is 20.3 Å². The number of nitrogens with one attached hydrogen (secondary N) is 3. The molecule has 0 spiro atoms. The number of aryl methyl sites for hydroxylation is 1. The van der Waals surface area contributed by atoms with Crippen molar-refractivity contribution in [2.75, 3.05) is 36.5 Å². The lowest BCUT2D eigenvalue weighted by molar-refractivity contribution is -0.135. The number of imide groups is 1. The van der Waals surface area contributed by atoms with Crippen molar-refractivity contribution in [3.05, 3.63) is 70.2 Å². The number of alkyl halides is 2. The number of ether oxygens (including phenoxy) is 1. The van der Waals surface area contributed by atoms with Crippen LogP contribution in [0.4, 0.5) is 20.3 Å². The number of morpholine rings is 1. The van der Waals surface area contributed by atoms with Gasteiger partial charge in [0.15, 0.2) is 11.3 Å². The third-order valence-electron chi connectivity index (χ3n) is 12.1. The van der Waals surface area contributed by atoms with Crippen LogP contribution in [0.25, 0.3) is 16.7 Å². The average Bonchev–Trinajstić information content (AvgIpc) is 4.08. The number of rotatable bonds is 11. The molecule has 4 fully saturated rings. The van der Waals surface area contributed by atoms with Crippen LogP contribution in [0.15, 0.2) is 47.7 Å². The Bertz CT molecular complexity index is 2560. The van der Waals surface area contributed by atoms with Gasteiger partial charge in [0.1, 0.15) is 17.4 Å². The van der Waals surface area contributed by atoms with Gasteiger partial charge in [0.25, 0.3) is 12.3 Å². The average molecular weight is 810 g/mol. The first-order chi connectivity index (χ1) is 28.6. The minimum Gasteiger partial charge on any atom is -0.374 e. The molecule has 308 valence electrons. The van der Waals surface area contributed by atoms with E-state index in [0.717, 1.165) is 64.0 Å². The van der Waals surface area contributed by atoms with Crippen molar-refractivity contribution in [3.63, 3.8) is 0 Å². The van der Waals surface area contributed by atoms with Gasteiger partial charge >= 0.3 is 5.69 Å². The van der Waals surface area contributed by atoms with Gasteiger partial charge in [-0.25, -0.2) is 23.1 Å². The summed E-state index contributed by atoms with van der Waals surface area (Å²) < 4.78 is 40.2. The third kappa shape index (κ3) is 7.48. The quantitative estimate of drug-likeness (QED) is 0.101. The Morgan fingerprint density at radius 1 is 1.10 bits per heavy atom. The molecule has 7 heterocycles. The molecule has 5 aromatic rings. The highest BCUT2D eigenvalue weighted by Gasteiger charge is 2.40. The van der Waals surface area contributed by atoms with Crippen molar-refractivity contribution < 1.29 is 27.9 Å². The van der Waals surface area contributed by atoms with Crippen molar-refractivity contribution >= 4 is 45.9 Å². The van der Waals surface area contributed by atoms with Crippen molar-refractivity contribution in [3.8, 4) is 11.8 Å². The molecule has 3 aliphatic heterocycles. The molecule has 1 aliphatic carbocycles. The number of anilines is 2. The molecule has 4 aromatic heterocycles. The van der Waals surface area contributed by atoms with Crippen molar-refractivity contribution in [2.45, 2.75) is 88.4 Å². The second-order valence-electron chi connectivity index (χ2n) is 15.9. The van der Waals surface area contributed by atoms with Crippen LogP contribution in [-0.2, 0) is 21.4 Å². The summed E-state index contributed by atoms with van der Waals surface area (Å²) in [7, 11) is 1.66. The van der Waals surface area contributed by atoms with Crippen LogP contribution < -0.4 is 26.5 Å². The number of aromatic nitrogens is 7. The van der Waals surface area contributed by atoms with Gasteiger partial charge in [0.2, 0.25) is 11.8 Å². The molecule has 18 heteroatoms. The zero-order valence-corrected chi connectivity index (χ0v) is 32.6. The van der Waals surface area contributed by atoms with Crippen molar-refractivity contribution in [1.82, 2.24) is 44.1 Å². The number of carbonyl (C=O) groups excluding carboxylic acids is 3. The Hall–Kier alpha value is -5.93. The Kier molecular flexibility index (Phi) is 10.5. The Labute approximate surface area is 337 Å². The van der Waals surface area contributed by atoms with Gasteiger partial charge in [0.05, 0.1) is 53.3 Å². The van der Waals surface area contributed by atoms with Gasteiger partial charge in [-0.15, -0.1) is 0 Å². The molecule has 1 saturated carbocycles. The fraction of sp³-hybridized carbons (Fsp3) is 0.488. The fourth-order valence-corrected chi connectivity index (χ4v) is 9.05. The SMILES string of the molecule is Cn1c(=O)n(C2CCC(=O)NC2=O)c2cccc(C#CCCCNCC3CCC(n4cc(NC(=O)c5cnn6ccc(N7C[C@H]8C[C@@H]7CO8)nc56)c(C(F)F)n4)CC3)c21. The Morgan fingerprint density at radius 2 is 1.95 bits per heavy atom. The molecule has 4 aliphatic rings. The topological polar surface area (TPSA) is 175 Å². The van der Waals surface area contributed by atoms with Gasteiger partial charge in [-0.3, -0.25) is 33.5 Å². The molecule has 16 nitrogen and oxygen atoms in total. The highest BCUT2D eigenvalue weighted by Crippen LogP contribution is 2.36. The van der Waals surface area contributed by atoms with E-state index in [4.69, 9.17) is 9.72 Å². The minimum atomic E-state index is -2.87. The summed E-state index contributed by atoms with van der Waals surface area (Å²) in [5.74, 6) is 6.21. The summed E-state index contributed by atoms with van der Waals surface area (Å²) in [6.45, 7) is 2.98. The van der Waals surface area contributed by atoms with Crippen LogP contribution in [-0.4, -0.2) is 89.6 Å². The van der Waals surface area contributed by atoms with Gasteiger partial charge in [0, 0.05) is 38.8 Å². The fourth-order valence-electron chi connectivity index (χ4n) is 9.05. The monoisotopic (exact) mass is 809 g/mol. The lowest BCUT2D eigenvalue weighted by Crippen LogP contribution is -2.44. The zero-order valence-electron chi connectivity index (χ0n) is 32.6. The number of carbonyl (C=O) groups is 3. The first kappa shape index (κ1) is 38.6. The van der Waals surface area contributed by atoms with E-state index >= 15 is 0 Å². The summed E-state index contributed by atoms with van der Waals surface area (Å²) in [5.41, 5.74) is 1.68. The van der Waals surface area contributed by atoms with Crippen molar-refractivity contribution in [2.24, 2.45) is 13.0 Å². The molecular formula is C41H45F2N11O5. The molecule has 2 bridgehead atoms. The van der Waals surface area contributed by atoms with Crippen LogP contribution in [0.5, 0.6) is 0 Å². The van der Waals surface area contributed by atoms with Gasteiger partial charge in [-0.2, -0.15) is 10.2 Å². The highest BCUT2D eigenvalue weighted by atomic mass is 19.3. The molecule has 3 N–H and O–H groups in total. The number of unbranched alkanes of at least 4 members (excludes halogenated alkanes) is 1. The molecule has 3 saturated heterocycles. The first-order valence-electron chi connectivity index (χ1n) is 20.3. The van der Waals surface area contributed by atoms with Gasteiger partial charge in [-0.05, 0) is 82.2 Å². The van der Waals surface area contributed by atoms with Crippen LogP contribution >= 0.6 is 0 Å². The van der Waals surface area contributed by atoms with E-state index in [9.17, 15) is 28.0 Å². The summed E-state index contributed by atoms with van der Waals surface area (Å²) in [6, 6.07) is 6.75. The lowest BCUT2D eigenvalue weighted by Gasteiger charge is -2.28. The molecule has 3 amide bonds. The number of hydrogen-bond donors (Lipinski definition) is 3. The molecule has 1 aromatic carbocycles. The molecule has 0 radical (unpaired) electrons. The Morgan fingerprint density at radius 3 is 2.71 bits per heavy atom. The van der Waals surface area contributed by atoms with E-state index in [1.165, 1.54) is 26.0 Å². The van der Waals surface area contributed by atoms with Crippen LogP contribution in [0.3, 0.4) is 0 Å². The minimum absolute atomic E-state index is 0.0206. The van der Waals surface area contributed by atoms with Crippen LogP contribution in [0.1, 0.15) is 97.9 Å². The largest absolute Gasteiger partial charge is 0.374 e. The second kappa shape index (κ2) is 16.0. The van der Waals surface area contributed by atoms with Crippen LogP contribution in [0, 0.1) is 17.8 Å². The maximum atomic E-state index is 14.2. The zero-order chi connectivity index (χ0) is 40.8. The van der Waals surface area contributed by atoms with Gasteiger partial charge in [-0.1, -0.05) is 17.9 Å². The number of halogens is 2. The first-order valence-corrected chi connectivity index (χ1v) is 20.3. The Balaban J connectivity index is 0.758. The summed E-state index contributed by atoms with van der Waals surface area (Å²) >= 11 is 0. The van der Waals surface area contributed by atoms with E-state index in [2.05, 4.69) is 42.9 Å². The molecular weight excluding hydrogens is 765 g/mol. The maximum Gasteiger partial charge on any atom is 0.329 e. The number of nitrogens with zero attached hydrogens (tertiary/aromatic N) is 8. The summed E-state index contributed by atoms with van der Waals surface area (Å²) in [5, 5.41) is 17.1. The van der Waals surface area contributed by atoms with Crippen molar-refractivity contribution in [1.29, 1.82) is 0 Å². The smallest absolute Gasteiger partial charge is 0.329 e. The molecule has 1 unspecified atom stereocenters. The van der Waals surface area contributed by atoms with Crippen LogP contribution in [0.2, 0.25) is 0 Å². The number of amides is 3. The second-order valence-corrected chi connectivity index (χ2v) is 15.9.